The van der Waals surface area contributed by atoms with Gasteiger partial charge in [-0.2, -0.15) is 0 Å². The number of aliphatic hydroxyl groups is 2. The first-order valence-electron chi connectivity index (χ1n) is 26.9. The number of hydrogen-bond acceptors (Lipinski definition) is 5. The molecule has 0 aromatic carbocycles. The summed E-state index contributed by atoms with van der Waals surface area (Å²) < 4.78 is 5.94. The van der Waals surface area contributed by atoms with E-state index in [1.807, 2.05) is 0 Å². The minimum atomic E-state index is -0.792. The molecule has 0 aromatic heterocycles. The van der Waals surface area contributed by atoms with Crippen LogP contribution in [0.1, 0.15) is 271 Å². The zero-order chi connectivity index (χ0) is 45.2. The monoisotopic (exact) mass is 870 g/mol. The van der Waals surface area contributed by atoms with Crippen LogP contribution < -0.4 is 5.32 Å². The lowest BCUT2D eigenvalue weighted by Gasteiger charge is -2.24. The van der Waals surface area contributed by atoms with Gasteiger partial charge >= 0.3 is 5.97 Å². The van der Waals surface area contributed by atoms with Crippen LogP contribution in [0.4, 0.5) is 0 Å². The Labute approximate surface area is 385 Å². The molecule has 0 aliphatic rings. The van der Waals surface area contributed by atoms with Crippen molar-refractivity contribution in [3.63, 3.8) is 0 Å². The van der Waals surface area contributed by atoms with Gasteiger partial charge in [0.25, 0.3) is 0 Å². The van der Waals surface area contributed by atoms with Crippen molar-refractivity contribution in [2.24, 2.45) is 0 Å². The fraction of sp³-hybridized carbons (Fsp3) is 0.821. The van der Waals surface area contributed by atoms with Crippen LogP contribution in [0.5, 0.6) is 0 Å². The van der Waals surface area contributed by atoms with Crippen LogP contribution >= 0.6 is 0 Å². The molecule has 0 saturated heterocycles. The highest BCUT2D eigenvalue weighted by Gasteiger charge is 2.24. The number of hydrogen-bond donors (Lipinski definition) is 3. The number of unbranched alkanes of at least 4 members (excludes halogenated alkanes) is 28. The number of esters is 1. The number of rotatable bonds is 48. The molecule has 6 nitrogen and oxygen atoms in total. The average Bonchev–Trinajstić information content (AvgIpc) is 3.26. The van der Waals surface area contributed by atoms with Crippen molar-refractivity contribution in [2.45, 2.75) is 289 Å². The van der Waals surface area contributed by atoms with Crippen molar-refractivity contribution >= 4 is 11.9 Å². The normalized spacial score (nSPS) is 13.6. The SMILES string of the molecule is CC/C=C/C/C=C/C/C=C/CCCCCCCCC(=O)OC(CCCCCCC/C=C\CCCCCC)CC(=O)NC(CO)C(O)CCCCCCCCCCCCCCCC. The highest BCUT2D eigenvalue weighted by atomic mass is 16.5. The molecule has 0 heterocycles. The summed E-state index contributed by atoms with van der Waals surface area (Å²) in [5.74, 6) is -0.490. The largest absolute Gasteiger partial charge is 0.462 e. The van der Waals surface area contributed by atoms with Crippen LogP contribution in [0.15, 0.2) is 48.6 Å². The van der Waals surface area contributed by atoms with Gasteiger partial charge in [0.15, 0.2) is 0 Å². The van der Waals surface area contributed by atoms with Crippen molar-refractivity contribution in [1.82, 2.24) is 5.32 Å². The van der Waals surface area contributed by atoms with Gasteiger partial charge in [-0.3, -0.25) is 9.59 Å². The van der Waals surface area contributed by atoms with Crippen molar-refractivity contribution in [1.29, 1.82) is 0 Å². The van der Waals surface area contributed by atoms with Crippen molar-refractivity contribution in [2.75, 3.05) is 6.61 Å². The molecule has 0 fully saturated rings. The van der Waals surface area contributed by atoms with Crippen molar-refractivity contribution < 1.29 is 24.5 Å². The van der Waals surface area contributed by atoms with E-state index in [1.54, 1.807) is 0 Å². The molecule has 3 unspecified atom stereocenters. The van der Waals surface area contributed by atoms with E-state index in [4.69, 9.17) is 4.74 Å². The van der Waals surface area contributed by atoms with Gasteiger partial charge < -0.3 is 20.3 Å². The smallest absolute Gasteiger partial charge is 0.306 e. The Hall–Kier alpha value is -2.18. The molecule has 0 aliphatic carbocycles. The Morgan fingerprint density at radius 3 is 1.35 bits per heavy atom. The Morgan fingerprint density at radius 2 is 0.871 bits per heavy atom. The third-order valence-corrected chi connectivity index (χ3v) is 12.1. The number of carbonyl (C=O) groups is 2. The minimum Gasteiger partial charge on any atom is -0.462 e. The Bertz CT molecular complexity index is 1070. The Morgan fingerprint density at radius 1 is 0.484 bits per heavy atom. The van der Waals surface area contributed by atoms with Gasteiger partial charge in [-0.25, -0.2) is 0 Å². The highest BCUT2D eigenvalue weighted by molar-refractivity contribution is 5.77. The lowest BCUT2D eigenvalue weighted by molar-refractivity contribution is -0.151. The molecule has 0 aliphatic heterocycles. The molecule has 0 bridgehead atoms. The quantitative estimate of drug-likeness (QED) is 0.0322. The molecule has 3 atom stereocenters. The highest BCUT2D eigenvalue weighted by Crippen LogP contribution is 2.18. The fourth-order valence-electron chi connectivity index (χ4n) is 8.09. The first-order valence-corrected chi connectivity index (χ1v) is 26.9. The number of amides is 1. The molecule has 362 valence electrons. The summed E-state index contributed by atoms with van der Waals surface area (Å²) in [5.41, 5.74) is 0. The summed E-state index contributed by atoms with van der Waals surface area (Å²) in [5, 5.41) is 23.8. The number of carbonyl (C=O) groups excluding carboxylic acids is 2. The molecule has 1 amide bonds. The maximum absolute atomic E-state index is 13.2. The van der Waals surface area contributed by atoms with Crippen LogP contribution in [0, 0.1) is 0 Å². The Kier molecular flexibility index (Phi) is 48.1. The second-order valence-corrected chi connectivity index (χ2v) is 18.2. The van der Waals surface area contributed by atoms with E-state index in [0.29, 0.717) is 19.3 Å². The number of aliphatic hydroxyl groups excluding tert-OH is 2. The van der Waals surface area contributed by atoms with Gasteiger partial charge in [-0.05, 0) is 83.5 Å². The molecular weight excluding hydrogens is 767 g/mol. The molecule has 0 radical (unpaired) electrons. The number of allylic oxidation sites excluding steroid dienone is 8. The lowest BCUT2D eigenvalue weighted by Crippen LogP contribution is -2.46. The molecule has 0 rings (SSSR count). The van der Waals surface area contributed by atoms with Crippen LogP contribution in [0.2, 0.25) is 0 Å². The summed E-state index contributed by atoms with van der Waals surface area (Å²) in [4.78, 5) is 26.2. The predicted octanol–water partition coefficient (Wildman–Crippen LogP) is 16.2. The van der Waals surface area contributed by atoms with E-state index in [0.717, 1.165) is 89.9 Å². The standard InChI is InChI=1S/C56H103NO5/c1-4-7-10-13-16-19-22-25-27-28-31-34-37-40-43-46-49-56(61)62-52(47-44-41-38-35-32-29-24-21-18-15-12-9-6-3)50-55(60)57-53(51-58)54(59)48-45-42-39-36-33-30-26-23-20-17-14-11-8-5-2/h7,10,16,19,21,24-25,27,52-54,58-59H,4-6,8-9,11-15,17-18,20,22-23,26,28-51H2,1-3H3,(H,57,60)/b10-7+,19-16+,24-21-,27-25+. The van der Waals surface area contributed by atoms with Crippen LogP contribution in [0.3, 0.4) is 0 Å². The van der Waals surface area contributed by atoms with E-state index in [-0.39, 0.29) is 24.9 Å². The average molecular weight is 870 g/mol. The first-order chi connectivity index (χ1) is 30.5. The predicted molar refractivity (Wildman–Crippen MR) is 269 cm³/mol. The summed E-state index contributed by atoms with van der Waals surface area (Å²) in [7, 11) is 0. The molecular formula is C56H103NO5. The van der Waals surface area contributed by atoms with Crippen LogP contribution in [0.25, 0.3) is 0 Å². The summed E-state index contributed by atoms with van der Waals surface area (Å²) in [6.07, 6.45) is 60.2. The number of nitrogens with one attached hydrogen (secondary N) is 1. The molecule has 3 N–H and O–H groups in total. The maximum Gasteiger partial charge on any atom is 0.306 e. The van der Waals surface area contributed by atoms with Crippen molar-refractivity contribution in [3.8, 4) is 0 Å². The zero-order valence-corrected chi connectivity index (χ0v) is 41.3. The second-order valence-electron chi connectivity index (χ2n) is 18.2. The zero-order valence-electron chi connectivity index (χ0n) is 41.3. The van der Waals surface area contributed by atoms with E-state index in [1.165, 1.54) is 135 Å². The van der Waals surface area contributed by atoms with E-state index < -0.39 is 18.2 Å². The maximum atomic E-state index is 13.2. The molecule has 0 spiro atoms. The van der Waals surface area contributed by atoms with Gasteiger partial charge in [-0.15, -0.1) is 0 Å². The van der Waals surface area contributed by atoms with Gasteiger partial charge in [0.05, 0.1) is 25.2 Å². The topological polar surface area (TPSA) is 95.9 Å². The third kappa shape index (κ3) is 44.4. The van der Waals surface area contributed by atoms with E-state index in [2.05, 4.69) is 74.7 Å². The molecule has 0 aromatic rings. The second kappa shape index (κ2) is 49.8. The molecule has 0 saturated carbocycles. The first kappa shape index (κ1) is 59.8. The Balaban J connectivity index is 4.57. The van der Waals surface area contributed by atoms with Crippen LogP contribution in [-0.4, -0.2) is 46.9 Å². The van der Waals surface area contributed by atoms with Gasteiger partial charge in [0.2, 0.25) is 5.91 Å². The molecule has 6 heteroatoms. The van der Waals surface area contributed by atoms with E-state index >= 15 is 0 Å². The van der Waals surface area contributed by atoms with E-state index in [9.17, 15) is 19.8 Å². The number of ether oxygens (including phenoxy) is 1. The van der Waals surface area contributed by atoms with Gasteiger partial charge in [0.1, 0.15) is 6.10 Å². The van der Waals surface area contributed by atoms with Gasteiger partial charge in [0, 0.05) is 6.42 Å². The summed E-state index contributed by atoms with van der Waals surface area (Å²) >= 11 is 0. The lowest BCUT2D eigenvalue weighted by atomic mass is 10.0. The summed E-state index contributed by atoms with van der Waals surface area (Å²) in [6.45, 7) is 6.37. The third-order valence-electron chi connectivity index (χ3n) is 12.1. The van der Waals surface area contributed by atoms with Crippen molar-refractivity contribution in [3.05, 3.63) is 48.6 Å². The minimum absolute atomic E-state index is 0.0674. The van der Waals surface area contributed by atoms with Gasteiger partial charge in [-0.1, -0.05) is 223 Å². The summed E-state index contributed by atoms with van der Waals surface area (Å²) in [6, 6.07) is -0.706. The van der Waals surface area contributed by atoms with Crippen LogP contribution in [-0.2, 0) is 14.3 Å². The molecule has 62 heavy (non-hydrogen) atoms. The fourth-order valence-corrected chi connectivity index (χ4v) is 8.09.